The second kappa shape index (κ2) is 9.82. The van der Waals surface area contributed by atoms with Crippen LogP contribution >= 0.6 is 0 Å². The van der Waals surface area contributed by atoms with Crippen LogP contribution in [0.3, 0.4) is 0 Å². The maximum Gasteiger partial charge on any atom is 0.419 e. The molecule has 1 aliphatic heterocycles. The summed E-state index contributed by atoms with van der Waals surface area (Å²) in [6.07, 6.45) is -9.22. The van der Waals surface area contributed by atoms with Crippen molar-refractivity contribution in [3.05, 3.63) is 65.0 Å². The van der Waals surface area contributed by atoms with Crippen molar-refractivity contribution in [2.24, 2.45) is 0 Å². The fraction of sp³-hybridized carbons (Fsp3) is 0.364. The first kappa shape index (κ1) is 24.6. The van der Waals surface area contributed by atoms with Crippen LogP contribution in [-0.2, 0) is 19.0 Å². The predicted octanol–water partition coefficient (Wildman–Crippen LogP) is 6.07. The number of benzene rings is 2. The van der Waals surface area contributed by atoms with Gasteiger partial charge in [0.1, 0.15) is 12.4 Å². The maximum absolute atomic E-state index is 13.6. The van der Waals surface area contributed by atoms with E-state index in [1.54, 1.807) is 0 Å². The summed E-state index contributed by atoms with van der Waals surface area (Å²) in [6, 6.07) is 7.35. The molecule has 0 spiro atoms. The molecule has 5 nitrogen and oxygen atoms in total. The van der Waals surface area contributed by atoms with Crippen LogP contribution in [0, 0.1) is 0 Å². The zero-order chi connectivity index (χ0) is 24.2. The quantitative estimate of drug-likeness (QED) is 0.456. The molecule has 0 atom stereocenters. The maximum atomic E-state index is 13.6. The van der Waals surface area contributed by atoms with Gasteiger partial charge in [0.15, 0.2) is 0 Å². The third kappa shape index (κ3) is 5.84. The zero-order valence-electron chi connectivity index (χ0n) is 17.7. The molecule has 0 amide bonds. The molecule has 0 unspecified atom stereocenters. The summed E-state index contributed by atoms with van der Waals surface area (Å²) >= 11 is 0. The SMILES string of the molecule is CC.FC(F)(F)c1ccc(COc2ccc(-c3noc(C4CNC4)n3)cc2C(F)(F)F)cc1. The van der Waals surface area contributed by atoms with Crippen molar-refractivity contribution in [1.82, 2.24) is 15.5 Å². The topological polar surface area (TPSA) is 60.2 Å². The molecule has 1 saturated heterocycles. The van der Waals surface area contributed by atoms with Crippen molar-refractivity contribution in [2.45, 2.75) is 38.7 Å². The second-order valence-corrected chi connectivity index (χ2v) is 7.00. The molecule has 1 N–H and O–H groups in total. The number of ether oxygens (including phenoxy) is 1. The first-order valence-electron chi connectivity index (χ1n) is 10.2. The van der Waals surface area contributed by atoms with Gasteiger partial charge in [-0.1, -0.05) is 31.1 Å². The van der Waals surface area contributed by atoms with Crippen molar-refractivity contribution >= 4 is 0 Å². The fourth-order valence-electron chi connectivity index (χ4n) is 2.95. The van der Waals surface area contributed by atoms with Crippen LogP contribution in [0.4, 0.5) is 26.3 Å². The Balaban J connectivity index is 0.00000149. The van der Waals surface area contributed by atoms with Crippen molar-refractivity contribution < 1.29 is 35.6 Å². The number of aromatic nitrogens is 2. The molecule has 11 heteroatoms. The minimum absolute atomic E-state index is 0.0293. The Hall–Kier alpha value is -3.08. The van der Waals surface area contributed by atoms with Crippen LogP contribution in [0.5, 0.6) is 5.75 Å². The highest BCUT2D eigenvalue weighted by Crippen LogP contribution is 2.39. The van der Waals surface area contributed by atoms with Crippen LogP contribution in [0.1, 0.15) is 42.3 Å². The first-order valence-corrected chi connectivity index (χ1v) is 10.2. The van der Waals surface area contributed by atoms with Gasteiger partial charge in [-0.3, -0.25) is 0 Å². The van der Waals surface area contributed by atoms with Crippen LogP contribution in [0.2, 0.25) is 0 Å². The van der Waals surface area contributed by atoms with E-state index >= 15 is 0 Å². The largest absolute Gasteiger partial charge is 0.488 e. The van der Waals surface area contributed by atoms with Gasteiger partial charge in [-0.05, 0) is 35.9 Å². The third-order valence-corrected chi connectivity index (χ3v) is 4.79. The first-order chi connectivity index (χ1) is 15.6. The van der Waals surface area contributed by atoms with Crippen molar-refractivity contribution in [3.63, 3.8) is 0 Å². The van der Waals surface area contributed by atoms with Crippen molar-refractivity contribution in [1.29, 1.82) is 0 Å². The predicted molar refractivity (Wildman–Crippen MR) is 107 cm³/mol. The lowest BCUT2D eigenvalue weighted by Gasteiger charge is -2.22. The number of nitrogens with one attached hydrogen (secondary N) is 1. The number of halogens is 6. The number of alkyl halides is 6. The Morgan fingerprint density at radius 3 is 2.18 bits per heavy atom. The number of hydrogen-bond donors (Lipinski definition) is 1. The third-order valence-electron chi connectivity index (χ3n) is 4.79. The van der Waals surface area contributed by atoms with E-state index in [0.29, 0.717) is 24.5 Å². The van der Waals surface area contributed by atoms with E-state index in [9.17, 15) is 26.3 Å². The molecule has 33 heavy (non-hydrogen) atoms. The van der Waals surface area contributed by atoms with Crippen LogP contribution in [0.25, 0.3) is 11.4 Å². The Morgan fingerprint density at radius 1 is 0.970 bits per heavy atom. The van der Waals surface area contributed by atoms with Gasteiger partial charge < -0.3 is 14.6 Å². The lowest BCUT2D eigenvalue weighted by atomic mass is 10.0. The van der Waals surface area contributed by atoms with Gasteiger partial charge >= 0.3 is 12.4 Å². The Bertz CT molecular complexity index is 1060. The van der Waals surface area contributed by atoms with Gasteiger partial charge in [0.05, 0.1) is 17.0 Å². The van der Waals surface area contributed by atoms with Crippen LogP contribution < -0.4 is 10.1 Å². The van der Waals surface area contributed by atoms with E-state index in [4.69, 9.17) is 9.26 Å². The highest BCUT2D eigenvalue weighted by molar-refractivity contribution is 5.59. The standard InChI is InChI=1S/C20H15F6N3O2.C2H6/c21-19(22,23)14-4-1-11(2-5-14)10-30-16-6-3-12(7-15(16)20(24,25)26)17-28-18(31-29-17)13-8-27-9-13;1-2/h1-7,13,27H,8-10H2;1-2H3. The average Bonchev–Trinajstić information content (AvgIpc) is 3.21. The molecule has 4 rings (SSSR count). The molecule has 2 heterocycles. The number of nitrogens with zero attached hydrogens (tertiary/aromatic N) is 2. The smallest absolute Gasteiger partial charge is 0.419 e. The fourth-order valence-corrected chi connectivity index (χ4v) is 2.95. The van der Waals surface area contributed by atoms with E-state index in [0.717, 1.165) is 36.4 Å². The normalized spacial score (nSPS) is 14.3. The Kier molecular flexibility index (Phi) is 7.31. The molecular formula is C22H21F6N3O2. The molecule has 1 aliphatic rings. The summed E-state index contributed by atoms with van der Waals surface area (Å²) < 4.78 is 89.0. The minimum atomic E-state index is -4.73. The average molecular weight is 473 g/mol. The molecule has 0 aliphatic carbocycles. The lowest BCUT2D eigenvalue weighted by molar-refractivity contribution is -0.139. The van der Waals surface area contributed by atoms with Gasteiger partial charge in [-0.2, -0.15) is 31.3 Å². The Labute approximate surface area is 185 Å². The summed E-state index contributed by atoms with van der Waals surface area (Å²) in [6.45, 7) is 4.99. The number of hydrogen-bond acceptors (Lipinski definition) is 5. The molecule has 0 bridgehead atoms. The van der Waals surface area contributed by atoms with E-state index in [1.807, 2.05) is 13.8 Å². The number of rotatable bonds is 5. The molecular weight excluding hydrogens is 452 g/mol. The van der Waals surface area contributed by atoms with Crippen LogP contribution in [0.15, 0.2) is 47.0 Å². The minimum Gasteiger partial charge on any atom is -0.488 e. The van der Waals surface area contributed by atoms with Gasteiger partial charge in [0, 0.05) is 18.7 Å². The molecule has 178 valence electrons. The van der Waals surface area contributed by atoms with E-state index in [1.165, 1.54) is 6.07 Å². The van der Waals surface area contributed by atoms with E-state index in [2.05, 4.69) is 15.5 Å². The van der Waals surface area contributed by atoms with E-state index in [-0.39, 0.29) is 23.9 Å². The van der Waals surface area contributed by atoms with Gasteiger partial charge in [-0.25, -0.2) is 0 Å². The second-order valence-electron chi connectivity index (χ2n) is 7.00. The molecule has 0 radical (unpaired) electrons. The lowest BCUT2D eigenvalue weighted by Crippen LogP contribution is -2.40. The van der Waals surface area contributed by atoms with Crippen molar-refractivity contribution in [3.8, 4) is 17.1 Å². The summed E-state index contributed by atoms with van der Waals surface area (Å²) in [5.41, 5.74) is -1.50. The molecule has 1 aromatic heterocycles. The molecule has 2 aromatic carbocycles. The summed E-state index contributed by atoms with van der Waals surface area (Å²) in [4.78, 5) is 4.16. The molecule has 1 fully saturated rings. The highest BCUT2D eigenvalue weighted by atomic mass is 19.4. The monoisotopic (exact) mass is 473 g/mol. The zero-order valence-corrected chi connectivity index (χ0v) is 17.7. The summed E-state index contributed by atoms with van der Waals surface area (Å²) in [7, 11) is 0. The highest BCUT2D eigenvalue weighted by Gasteiger charge is 2.35. The summed E-state index contributed by atoms with van der Waals surface area (Å²) in [5, 5.41) is 6.78. The van der Waals surface area contributed by atoms with E-state index < -0.39 is 29.2 Å². The van der Waals surface area contributed by atoms with Crippen molar-refractivity contribution in [2.75, 3.05) is 13.1 Å². The Morgan fingerprint density at radius 2 is 1.64 bits per heavy atom. The van der Waals surface area contributed by atoms with Gasteiger partial charge in [0.2, 0.25) is 11.7 Å². The van der Waals surface area contributed by atoms with Gasteiger partial charge in [-0.15, -0.1) is 0 Å². The van der Waals surface area contributed by atoms with Crippen LogP contribution in [-0.4, -0.2) is 23.2 Å². The van der Waals surface area contributed by atoms with Gasteiger partial charge in [0.25, 0.3) is 0 Å². The summed E-state index contributed by atoms with van der Waals surface area (Å²) in [5.74, 6) is -0.0376. The molecule has 3 aromatic rings. The molecule has 0 saturated carbocycles.